The van der Waals surface area contributed by atoms with Crippen molar-refractivity contribution in [3.05, 3.63) is 57.5 Å². The highest BCUT2D eigenvalue weighted by atomic mass is 79.9. The number of hydrogen-bond acceptors (Lipinski definition) is 2. The first-order valence-electron chi connectivity index (χ1n) is 5.18. The van der Waals surface area contributed by atoms with Gasteiger partial charge in [-0.15, -0.1) is 0 Å². The molecule has 0 aliphatic heterocycles. The molecule has 0 aromatic heterocycles. The molecule has 0 atom stereocenters. The minimum atomic E-state index is -0.212. The minimum Gasteiger partial charge on any atom is -0.397 e. The van der Waals surface area contributed by atoms with Crippen molar-refractivity contribution in [3.8, 4) is 0 Å². The fourth-order valence-corrected chi connectivity index (χ4v) is 1.89. The molecule has 0 heterocycles. The number of anilines is 2. The van der Waals surface area contributed by atoms with Gasteiger partial charge >= 0.3 is 0 Å². The highest BCUT2D eigenvalue weighted by Crippen LogP contribution is 2.23. The molecule has 0 aliphatic rings. The van der Waals surface area contributed by atoms with Gasteiger partial charge in [0.25, 0.3) is 5.91 Å². The van der Waals surface area contributed by atoms with Crippen LogP contribution in [-0.2, 0) is 0 Å². The summed E-state index contributed by atoms with van der Waals surface area (Å²) in [6, 6.07) is 12.0. The van der Waals surface area contributed by atoms with Crippen molar-refractivity contribution in [1.82, 2.24) is 0 Å². The zero-order valence-corrected chi connectivity index (χ0v) is 11.6. The molecule has 2 aromatic rings. The van der Waals surface area contributed by atoms with Gasteiger partial charge in [0.05, 0.1) is 11.4 Å². The van der Waals surface area contributed by atoms with E-state index in [1.165, 1.54) is 0 Å². The van der Waals surface area contributed by atoms with Crippen LogP contribution in [0.2, 0.25) is 5.02 Å². The highest BCUT2D eigenvalue weighted by Gasteiger charge is 2.08. The van der Waals surface area contributed by atoms with Crippen molar-refractivity contribution >= 4 is 44.8 Å². The summed E-state index contributed by atoms with van der Waals surface area (Å²) < 4.78 is 0.921. The summed E-state index contributed by atoms with van der Waals surface area (Å²) in [7, 11) is 0. The molecule has 0 radical (unpaired) electrons. The monoisotopic (exact) mass is 324 g/mol. The molecule has 2 rings (SSSR count). The topological polar surface area (TPSA) is 55.1 Å². The second kappa shape index (κ2) is 5.42. The number of nitrogens with two attached hydrogens (primary N) is 1. The Hall–Kier alpha value is -1.52. The van der Waals surface area contributed by atoms with Crippen LogP contribution >= 0.6 is 27.5 Å². The standard InChI is InChI=1S/C13H10BrClN2O/c14-9-3-1-8(2-4-9)13(18)17-12-6-5-10(15)7-11(12)16/h1-7H,16H2,(H,17,18). The largest absolute Gasteiger partial charge is 0.397 e. The van der Waals surface area contributed by atoms with Crippen LogP contribution in [0.4, 0.5) is 11.4 Å². The fraction of sp³-hybridized carbons (Fsp3) is 0. The van der Waals surface area contributed by atoms with E-state index in [1.54, 1.807) is 42.5 Å². The second-order valence-corrected chi connectivity index (χ2v) is 5.04. The Morgan fingerprint density at radius 3 is 2.44 bits per heavy atom. The molecule has 3 nitrogen and oxygen atoms in total. The predicted molar refractivity (Wildman–Crippen MR) is 78.0 cm³/mol. The summed E-state index contributed by atoms with van der Waals surface area (Å²) in [5.41, 5.74) is 7.31. The lowest BCUT2D eigenvalue weighted by atomic mass is 10.2. The lowest BCUT2D eigenvalue weighted by Gasteiger charge is -2.08. The number of amides is 1. The lowest BCUT2D eigenvalue weighted by molar-refractivity contribution is 0.102. The van der Waals surface area contributed by atoms with Gasteiger partial charge < -0.3 is 11.1 Å². The maximum absolute atomic E-state index is 11.9. The van der Waals surface area contributed by atoms with Crippen molar-refractivity contribution in [2.45, 2.75) is 0 Å². The first kappa shape index (κ1) is 12.9. The van der Waals surface area contributed by atoms with Crippen molar-refractivity contribution in [2.75, 3.05) is 11.1 Å². The minimum absolute atomic E-state index is 0.212. The van der Waals surface area contributed by atoms with Crippen LogP contribution in [-0.4, -0.2) is 5.91 Å². The Balaban J connectivity index is 2.18. The third-order valence-corrected chi connectivity index (χ3v) is 3.13. The maximum atomic E-state index is 11.9. The predicted octanol–water partition coefficient (Wildman–Crippen LogP) is 3.94. The van der Waals surface area contributed by atoms with Crippen molar-refractivity contribution < 1.29 is 4.79 Å². The average molecular weight is 326 g/mol. The molecule has 5 heteroatoms. The van der Waals surface area contributed by atoms with Gasteiger partial charge in [0, 0.05) is 15.1 Å². The zero-order valence-electron chi connectivity index (χ0n) is 9.28. The van der Waals surface area contributed by atoms with Crippen molar-refractivity contribution in [1.29, 1.82) is 0 Å². The molecule has 1 amide bonds. The number of carbonyl (C=O) groups excluding carboxylic acids is 1. The van der Waals surface area contributed by atoms with E-state index in [4.69, 9.17) is 17.3 Å². The Bertz CT molecular complexity index is 584. The Morgan fingerprint density at radius 2 is 1.83 bits per heavy atom. The number of rotatable bonds is 2. The van der Waals surface area contributed by atoms with Crippen LogP contribution in [0.5, 0.6) is 0 Å². The van der Waals surface area contributed by atoms with E-state index in [-0.39, 0.29) is 5.91 Å². The van der Waals surface area contributed by atoms with Crippen LogP contribution in [0.15, 0.2) is 46.9 Å². The number of nitrogen functional groups attached to an aromatic ring is 1. The molecule has 2 aromatic carbocycles. The van der Waals surface area contributed by atoms with Gasteiger partial charge in [-0.2, -0.15) is 0 Å². The first-order chi connectivity index (χ1) is 8.56. The number of benzene rings is 2. The summed E-state index contributed by atoms with van der Waals surface area (Å²) in [5, 5.41) is 3.27. The van der Waals surface area contributed by atoms with Crippen LogP contribution in [0.1, 0.15) is 10.4 Å². The fourth-order valence-electron chi connectivity index (χ4n) is 1.44. The quantitative estimate of drug-likeness (QED) is 0.822. The van der Waals surface area contributed by atoms with E-state index in [0.717, 1.165) is 4.47 Å². The molecule has 18 heavy (non-hydrogen) atoms. The van der Waals surface area contributed by atoms with Gasteiger partial charge in [-0.25, -0.2) is 0 Å². The molecule has 0 bridgehead atoms. The maximum Gasteiger partial charge on any atom is 0.255 e. The molecule has 0 spiro atoms. The SMILES string of the molecule is Nc1cc(Cl)ccc1NC(=O)c1ccc(Br)cc1. The van der Waals surface area contributed by atoms with E-state index in [2.05, 4.69) is 21.2 Å². The second-order valence-electron chi connectivity index (χ2n) is 3.69. The van der Waals surface area contributed by atoms with Gasteiger partial charge in [-0.1, -0.05) is 27.5 Å². The molecule has 3 N–H and O–H groups in total. The smallest absolute Gasteiger partial charge is 0.255 e. The molecule has 0 saturated heterocycles. The summed E-state index contributed by atoms with van der Waals surface area (Å²) >= 11 is 9.10. The third kappa shape index (κ3) is 3.03. The molecule has 0 unspecified atom stereocenters. The number of carbonyl (C=O) groups is 1. The summed E-state index contributed by atoms with van der Waals surface area (Å²) in [5.74, 6) is -0.212. The summed E-state index contributed by atoms with van der Waals surface area (Å²) in [6.07, 6.45) is 0. The van der Waals surface area contributed by atoms with Gasteiger partial charge in [-0.3, -0.25) is 4.79 Å². The third-order valence-electron chi connectivity index (χ3n) is 2.37. The Morgan fingerprint density at radius 1 is 1.17 bits per heavy atom. The van der Waals surface area contributed by atoms with Gasteiger partial charge in [0.15, 0.2) is 0 Å². The average Bonchev–Trinajstić information content (AvgIpc) is 2.33. The molecular weight excluding hydrogens is 316 g/mol. The molecule has 0 fully saturated rings. The van der Waals surface area contributed by atoms with Crippen LogP contribution < -0.4 is 11.1 Å². The summed E-state index contributed by atoms with van der Waals surface area (Å²) in [6.45, 7) is 0. The van der Waals surface area contributed by atoms with Crippen LogP contribution in [0, 0.1) is 0 Å². The molecule has 92 valence electrons. The van der Waals surface area contributed by atoms with E-state index in [9.17, 15) is 4.79 Å². The van der Waals surface area contributed by atoms with Crippen LogP contribution in [0.3, 0.4) is 0 Å². The molecule has 0 saturated carbocycles. The summed E-state index contributed by atoms with van der Waals surface area (Å²) in [4.78, 5) is 11.9. The van der Waals surface area contributed by atoms with Crippen LogP contribution in [0.25, 0.3) is 0 Å². The Labute approximate surface area is 118 Å². The lowest BCUT2D eigenvalue weighted by Crippen LogP contribution is -2.12. The molecule has 0 aliphatic carbocycles. The number of nitrogens with one attached hydrogen (secondary N) is 1. The van der Waals surface area contributed by atoms with Gasteiger partial charge in [0.1, 0.15) is 0 Å². The number of hydrogen-bond donors (Lipinski definition) is 2. The normalized spacial score (nSPS) is 10.1. The van der Waals surface area contributed by atoms with E-state index >= 15 is 0 Å². The zero-order chi connectivity index (χ0) is 13.1. The van der Waals surface area contributed by atoms with E-state index < -0.39 is 0 Å². The van der Waals surface area contributed by atoms with Crippen molar-refractivity contribution in [2.24, 2.45) is 0 Å². The molecular formula is C13H10BrClN2O. The van der Waals surface area contributed by atoms with Crippen molar-refractivity contribution in [3.63, 3.8) is 0 Å². The highest BCUT2D eigenvalue weighted by molar-refractivity contribution is 9.10. The van der Waals surface area contributed by atoms with Gasteiger partial charge in [0.2, 0.25) is 0 Å². The first-order valence-corrected chi connectivity index (χ1v) is 6.35. The van der Waals surface area contributed by atoms with E-state index in [1.807, 2.05) is 0 Å². The van der Waals surface area contributed by atoms with E-state index in [0.29, 0.717) is 22.0 Å². The van der Waals surface area contributed by atoms with Gasteiger partial charge in [-0.05, 0) is 42.5 Å². The number of halogens is 2. The Kier molecular flexibility index (Phi) is 3.89.